The van der Waals surface area contributed by atoms with Crippen LogP contribution in [-0.4, -0.2) is 18.5 Å². The largest absolute Gasteiger partial charge is 0.489 e. The van der Waals surface area contributed by atoms with Crippen LogP contribution in [0.15, 0.2) is 78.9 Å². The SMILES string of the molecule is C[C@@H]1Cc2ccccc2N1CC(=O)Nc1ccc(OCc2ccccc2)cc1. The van der Waals surface area contributed by atoms with E-state index in [9.17, 15) is 4.79 Å². The molecular formula is C24H24N2O2. The molecule has 0 radical (unpaired) electrons. The molecule has 28 heavy (non-hydrogen) atoms. The highest BCUT2D eigenvalue weighted by Gasteiger charge is 2.26. The molecule has 1 N–H and O–H groups in total. The second-order valence-electron chi connectivity index (χ2n) is 7.16. The van der Waals surface area contributed by atoms with Crippen LogP contribution in [-0.2, 0) is 17.8 Å². The summed E-state index contributed by atoms with van der Waals surface area (Å²) in [7, 11) is 0. The highest BCUT2D eigenvalue weighted by Crippen LogP contribution is 2.31. The Morgan fingerprint density at radius 3 is 2.50 bits per heavy atom. The van der Waals surface area contributed by atoms with Crippen LogP contribution in [0, 0.1) is 0 Å². The van der Waals surface area contributed by atoms with Gasteiger partial charge >= 0.3 is 0 Å². The lowest BCUT2D eigenvalue weighted by Gasteiger charge is -2.24. The summed E-state index contributed by atoms with van der Waals surface area (Å²) in [5.41, 5.74) is 4.37. The lowest BCUT2D eigenvalue weighted by Crippen LogP contribution is -2.37. The zero-order valence-electron chi connectivity index (χ0n) is 16.0. The summed E-state index contributed by atoms with van der Waals surface area (Å²) in [6.07, 6.45) is 0.983. The minimum atomic E-state index is -0.0125. The van der Waals surface area contributed by atoms with Gasteiger partial charge in [-0.15, -0.1) is 0 Å². The van der Waals surface area contributed by atoms with Gasteiger partial charge in [-0.2, -0.15) is 0 Å². The molecule has 0 aliphatic carbocycles. The second-order valence-corrected chi connectivity index (χ2v) is 7.16. The van der Waals surface area contributed by atoms with Gasteiger partial charge in [0.15, 0.2) is 0 Å². The maximum Gasteiger partial charge on any atom is 0.243 e. The molecule has 0 spiro atoms. The number of carbonyl (C=O) groups excluding carboxylic acids is 1. The Hall–Kier alpha value is -3.27. The second kappa shape index (κ2) is 8.17. The Bertz CT molecular complexity index is 938. The Kier molecular flexibility index (Phi) is 5.29. The minimum Gasteiger partial charge on any atom is -0.489 e. The summed E-state index contributed by atoms with van der Waals surface area (Å²) in [4.78, 5) is 14.7. The first-order chi connectivity index (χ1) is 13.7. The van der Waals surface area contributed by atoms with Crippen molar-refractivity contribution < 1.29 is 9.53 Å². The van der Waals surface area contributed by atoms with E-state index in [0.717, 1.165) is 29.1 Å². The van der Waals surface area contributed by atoms with Crippen molar-refractivity contribution in [1.82, 2.24) is 0 Å². The van der Waals surface area contributed by atoms with Crippen LogP contribution < -0.4 is 15.0 Å². The molecule has 3 aromatic carbocycles. The summed E-state index contributed by atoms with van der Waals surface area (Å²) >= 11 is 0. The molecule has 4 nitrogen and oxygen atoms in total. The number of fused-ring (bicyclic) bond motifs is 1. The highest BCUT2D eigenvalue weighted by atomic mass is 16.5. The number of anilines is 2. The Morgan fingerprint density at radius 1 is 1.00 bits per heavy atom. The molecule has 0 fully saturated rings. The van der Waals surface area contributed by atoms with Gasteiger partial charge in [0.25, 0.3) is 0 Å². The van der Waals surface area contributed by atoms with Gasteiger partial charge in [-0.1, -0.05) is 48.5 Å². The Balaban J connectivity index is 1.32. The molecule has 0 bridgehead atoms. The van der Waals surface area contributed by atoms with Gasteiger partial charge in [-0.3, -0.25) is 4.79 Å². The highest BCUT2D eigenvalue weighted by molar-refractivity contribution is 5.94. The maximum absolute atomic E-state index is 12.5. The average molecular weight is 372 g/mol. The summed E-state index contributed by atoms with van der Waals surface area (Å²) in [6.45, 7) is 3.04. The van der Waals surface area contributed by atoms with Crippen molar-refractivity contribution in [2.45, 2.75) is 26.0 Å². The van der Waals surface area contributed by atoms with Crippen LogP contribution >= 0.6 is 0 Å². The number of ether oxygens (including phenoxy) is 1. The van der Waals surface area contributed by atoms with Crippen molar-refractivity contribution in [3.63, 3.8) is 0 Å². The van der Waals surface area contributed by atoms with Crippen LogP contribution in [0.2, 0.25) is 0 Å². The Labute approximate surface area is 165 Å². The fourth-order valence-corrected chi connectivity index (χ4v) is 3.60. The Morgan fingerprint density at radius 2 is 1.71 bits per heavy atom. The number of rotatable bonds is 6. The van der Waals surface area contributed by atoms with Gasteiger partial charge in [0.05, 0.1) is 6.54 Å². The minimum absolute atomic E-state index is 0.0125. The van der Waals surface area contributed by atoms with Crippen molar-refractivity contribution in [1.29, 1.82) is 0 Å². The molecule has 142 valence electrons. The third kappa shape index (κ3) is 4.17. The van der Waals surface area contributed by atoms with Gasteiger partial charge in [-0.05, 0) is 54.8 Å². The number of amides is 1. The van der Waals surface area contributed by atoms with Crippen LogP contribution in [0.1, 0.15) is 18.1 Å². The van der Waals surface area contributed by atoms with Crippen LogP contribution in [0.25, 0.3) is 0 Å². The van der Waals surface area contributed by atoms with E-state index in [1.165, 1.54) is 5.56 Å². The first kappa shape index (κ1) is 18.1. The fourth-order valence-electron chi connectivity index (χ4n) is 3.60. The zero-order valence-corrected chi connectivity index (χ0v) is 16.0. The summed E-state index contributed by atoms with van der Waals surface area (Å²) in [6, 6.07) is 26.2. The number of hydrogen-bond acceptors (Lipinski definition) is 3. The van der Waals surface area contributed by atoms with Gasteiger partial charge < -0.3 is 15.0 Å². The number of nitrogens with one attached hydrogen (secondary N) is 1. The van der Waals surface area contributed by atoms with E-state index in [2.05, 4.69) is 35.3 Å². The van der Waals surface area contributed by atoms with E-state index < -0.39 is 0 Å². The lowest BCUT2D eigenvalue weighted by atomic mass is 10.1. The molecule has 0 unspecified atom stereocenters. The zero-order chi connectivity index (χ0) is 19.3. The topological polar surface area (TPSA) is 41.6 Å². The van der Waals surface area contributed by atoms with Crippen molar-refractivity contribution in [3.05, 3.63) is 90.0 Å². The fraction of sp³-hybridized carbons (Fsp3) is 0.208. The third-order valence-electron chi connectivity index (χ3n) is 5.05. The predicted molar refractivity (Wildman–Crippen MR) is 113 cm³/mol. The van der Waals surface area contributed by atoms with Crippen LogP contribution in [0.3, 0.4) is 0 Å². The number of carbonyl (C=O) groups is 1. The normalized spacial score (nSPS) is 15.2. The maximum atomic E-state index is 12.5. The molecule has 3 aromatic rings. The van der Waals surface area contributed by atoms with E-state index >= 15 is 0 Å². The van der Waals surface area contributed by atoms with Crippen molar-refractivity contribution in [2.24, 2.45) is 0 Å². The lowest BCUT2D eigenvalue weighted by molar-refractivity contribution is -0.115. The van der Waals surface area contributed by atoms with Crippen molar-refractivity contribution in [2.75, 3.05) is 16.8 Å². The number of nitrogens with zero attached hydrogens (tertiary/aromatic N) is 1. The van der Waals surface area contributed by atoms with Gasteiger partial charge in [0.1, 0.15) is 12.4 Å². The van der Waals surface area contributed by atoms with E-state index in [1.807, 2.05) is 60.7 Å². The van der Waals surface area contributed by atoms with Gasteiger partial charge in [0.2, 0.25) is 5.91 Å². The summed E-state index contributed by atoms with van der Waals surface area (Å²) in [5.74, 6) is 0.769. The van der Waals surface area contributed by atoms with Crippen molar-refractivity contribution >= 4 is 17.3 Å². The van der Waals surface area contributed by atoms with E-state index in [4.69, 9.17) is 4.74 Å². The molecule has 4 heteroatoms. The third-order valence-corrected chi connectivity index (χ3v) is 5.05. The molecule has 1 aliphatic heterocycles. The van der Waals surface area contributed by atoms with E-state index in [-0.39, 0.29) is 5.91 Å². The molecule has 1 atom stereocenters. The molecular weight excluding hydrogens is 348 g/mol. The molecule has 0 saturated heterocycles. The monoisotopic (exact) mass is 372 g/mol. The summed E-state index contributed by atoms with van der Waals surface area (Å²) < 4.78 is 5.79. The quantitative estimate of drug-likeness (QED) is 0.684. The summed E-state index contributed by atoms with van der Waals surface area (Å²) in [5, 5.41) is 2.99. The van der Waals surface area contributed by atoms with Crippen LogP contribution in [0.4, 0.5) is 11.4 Å². The number of benzene rings is 3. The van der Waals surface area contributed by atoms with Crippen molar-refractivity contribution in [3.8, 4) is 5.75 Å². The molecule has 4 rings (SSSR count). The van der Waals surface area contributed by atoms with Crippen LogP contribution in [0.5, 0.6) is 5.75 Å². The van der Waals surface area contributed by atoms with Gasteiger partial charge in [0, 0.05) is 17.4 Å². The first-order valence-electron chi connectivity index (χ1n) is 9.60. The first-order valence-corrected chi connectivity index (χ1v) is 9.60. The standard InChI is InChI=1S/C24H24N2O2/c1-18-15-20-9-5-6-10-23(20)26(18)16-24(27)25-21-11-13-22(14-12-21)28-17-19-7-3-2-4-8-19/h2-14,18H,15-17H2,1H3,(H,25,27)/t18-/m1/s1. The van der Waals surface area contributed by atoms with Gasteiger partial charge in [-0.25, -0.2) is 0 Å². The molecule has 1 heterocycles. The van der Waals surface area contributed by atoms with E-state index in [0.29, 0.717) is 19.2 Å². The molecule has 0 saturated carbocycles. The molecule has 0 aromatic heterocycles. The molecule has 1 aliphatic rings. The predicted octanol–water partition coefficient (Wildman–Crippen LogP) is 4.66. The smallest absolute Gasteiger partial charge is 0.243 e. The molecule has 1 amide bonds. The number of hydrogen-bond donors (Lipinski definition) is 1. The number of para-hydroxylation sites is 1. The average Bonchev–Trinajstić information content (AvgIpc) is 3.03. The van der Waals surface area contributed by atoms with E-state index in [1.54, 1.807) is 0 Å².